The van der Waals surface area contributed by atoms with Gasteiger partial charge >= 0.3 is 0 Å². The molecule has 0 atom stereocenters. The van der Waals surface area contributed by atoms with Crippen molar-refractivity contribution in [3.05, 3.63) is 28.7 Å². The van der Waals surface area contributed by atoms with Gasteiger partial charge < -0.3 is 5.73 Å². The Hall–Kier alpha value is -0.390. The summed E-state index contributed by atoms with van der Waals surface area (Å²) in [5.41, 5.74) is 5.46. The molecule has 1 aromatic rings. The zero-order valence-electron chi connectivity index (χ0n) is 10.1. The van der Waals surface area contributed by atoms with Crippen molar-refractivity contribution in [3.63, 3.8) is 0 Å². The van der Waals surface area contributed by atoms with Crippen LogP contribution in [-0.2, 0) is 9.84 Å². The van der Waals surface area contributed by atoms with Crippen LogP contribution in [0.25, 0.3) is 0 Å². The Morgan fingerprint density at radius 1 is 1.24 bits per heavy atom. The molecule has 1 aromatic carbocycles. The lowest BCUT2D eigenvalue weighted by Crippen LogP contribution is -2.26. The third kappa shape index (κ3) is 4.41. The lowest BCUT2D eigenvalue weighted by Gasteiger charge is -2.21. The fourth-order valence-electron chi connectivity index (χ4n) is 1.27. The fraction of sp³-hybridized carbons (Fsp3) is 0.500. The molecule has 0 saturated carbocycles. The number of hydrogen-bond donors (Lipinski definition) is 1. The molecular weight excluding hydrogens is 302 g/mol. The summed E-state index contributed by atoms with van der Waals surface area (Å²) in [4.78, 5) is 0.369. The van der Waals surface area contributed by atoms with Crippen LogP contribution < -0.4 is 5.73 Å². The van der Waals surface area contributed by atoms with Gasteiger partial charge in [0.25, 0.3) is 0 Å². The van der Waals surface area contributed by atoms with E-state index in [-0.39, 0.29) is 11.2 Å². The van der Waals surface area contributed by atoms with E-state index in [0.717, 1.165) is 4.47 Å². The molecule has 0 radical (unpaired) electrons. The molecule has 0 aliphatic heterocycles. The molecule has 0 aliphatic rings. The fourth-order valence-corrected chi connectivity index (χ4v) is 3.14. The van der Waals surface area contributed by atoms with E-state index >= 15 is 0 Å². The monoisotopic (exact) mass is 319 g/mol. The number of halogens is 1. The van der Waals surface area contributed by atoms with E-state index in [1.165, 1.54) is 0 Å². The van der Waals surface area contributed by atoms with E-state index in [2.05, 4.69) is 15.9 Å². The third-order valence-electron chi connectivity index (χ3n) is 2.77. The van der Waals surface area contributed by atoms with Gasteiger partial charge in [-0.2, -0.15) is 0 Å². The van der Waals surface area contributed by atoms with Crippen molar-refractivity contribution >= 4 is 25.8 Å². The smallest absolute Gasteiger partial charge is 0.178 e. The molecule has 0 aliphatic carbocycles. The Labute approximate surface area is 111 Å². The first-order chi connectivity index (χ1) is 7.77. The van der Waals surface area contributed by atoms with Gasteiger partial charge in [-0.15, -0.1) is 0 Å². The highest BCUT2D eigenvalue weighted by Crippen LogP contribution is 2.22. The molecular formula is C12H18BrNO2S. The van der Waals surface area contributed by atoms with E-state index in [1.54, 1.807) is 24.3 Å². The van der Waals surface area contributed by atoms with Gasteiger partial charge in [-0.3, -0.25) is 0 Å². The average molecular weight is 320 g/mol. The Kier molecular flexibility index (Phi) is 4.75. The van der Waals surface area contributed by atoms with Gasteiger partial charge in [0.2, 0.25) is 0 Å². The standard InChI is InChI=1S/C12H18BrNO2S/c1-12(2,9-14)7-8-17(15,16)11-5-3-10(13)4-6-11/h3-6H,7-9,14H2,1-2H3. The highest BCUT2D eigenvalue weighted by Gasteiger charge is 2.21. The number of rotatable bonds is 5. The molecule has 0 aromatic heterocycles. The molecule has 0 fully saturated rings. The van der Waals surface area contributed by atoms with Gasteiger partial charge in [-0.25, -0.2) is 8.42 Å². The first-order valence-corrected chi connectivity index (χ1v) is 7.90. The predicted molar refractivity (Wildman–Crippen MR) is 73.6 cm³/mol. The summed E-state index contributed by atoms with van der Waals surface area (Å²) in [5, 5.41) is 0. The van der Waals surface area contributed by atoms with Gasteiger partial charge in [0.15, 0.2) is 9.84 Å². The van der Waals surface area contributed by atoms with Crippen molar-refractivity contribution in [1.29, 1.82) is 0 Å². The first-order valence-electron chi connectivity index (χ1n) is 5.45. The Bertz CT molecular complexity index is 466. The highest BCUT2D eigenvalue weighted by atomic mass is 79.9. The molecule has 0 bridgehead atoms. The van der Waals surface area contributed by atoms with Crippen LogP contribution in [0.15, 0.2) is 33.6 Å². The normalized spacial score (nSPS) is 12.7. The largest absolute Gasteiger partial charge is 0.330 e. The minimum Gasteiger partial charge on any atom is -0.330 e. The number of nitrogens with two attached hydrogens (primary N) is 1. The Morgan fingerprint density at radius 2 is 1.76 bits per heavy atom. The molecule has 0 saturated heterocycles. The van der Waals surface area contributed by atoms with Crippen molar-refractivity contribution in [2.45, 2.75) is 25.2 Å². The van der Waals surface area contributed by atoms with Crippen molar-refractivity contribution in [2.24, 2.45) is 11.1 Å². The number of hydrogen-bond acceptors (Lipinski definition) is 3. The summed E-state index contributed by atoms with van der Waals surface area (Å²) >= 11 is 3.28. The highest BCUT2D eigenvalue weighted by molar-refractivity contribution is 9.10. The van der Waals surface area contributed by atoms with Crippen LogP contribution in [0, 0.1) is 5.41 Å². The molecule has 17 heavy (non-hydrogen) atoms. The van der Waals surface area contributed by atoms with E-state index in [1.807, 2.05) is 13.8 Å². The van der Waals surface area contributed by atoms with Crippen LogP contribution in [0.2, 0.25) is 0 Å². The maximum atomic E-state index is 12.0. The lowest BCUT2D eigenvalue weighted by atomic mass is 9.91. The van der Waals surface area contributed by atoms with Gasteiger partial charge in [0.1, 0.15) is 0 Å². The van der Waals surface area contributed by atoms with Crippen LogP contribution in [0.1, 0.15) is 20.3 Å². The van der Waals surface area contributed by atoms with E-state index < -0.39 is 9.84 Å². The zero-order chi connectivity index (χ0) is 13.1. The number of benzene rings is 1. The second-order valence-corrected chi connectivity index (χ2v) is 7.92. The second-order valence-electron chi connectivity index (χ2n) is 4.89. The van der Waals surface area contributed by atoms with Crippen LogP contribution in [0.5, 0.6) is 0 Å². The van der Waals surface area contributed by atoms with E-state index in [0.29, 0.717) is 17.9 Å². The minimum atomic E-state index is -3.20. The first kappa shape index (κ1) is 14.7. The minimum absolute atomic E-state index is 0.136. The summed E-state index contributed by atoms with van der Waals surface area (Å²) < 4.78 is 25.0. The van der Waals surface area contributed by atoms with Crippen molar-refractivity contribution in [3.8, 4) is 0 Å². The summed E-state index contributed by atoms with van der Waals surface area (Å²) in [5.74, 6) is 0.138. The van der Waals surface area contributed by atoms with Crippen molar-refractivity contribution < 1.29 is 8.42 Å². The maximum absolute atomic E-state index is 12.0. The van der Waals surface area contributed by atoms with Crippen LogP contribution >= 0.6 is 15.9 Å². The van der Waals surface area contributed by atoms with Crippen LogP contribution in [0.4, 0.5) is 0 Å². The van der Waals surface area contributed by atoms with Crippen LogP contribution in [0.3, 0.4) is 0 Å². The molecule has 0 unspecified atom stereocenters. The molecule has 2 N–H and O–H groups in total. The summed E-state index contributed by atoms with van der Waals surface area (Å²) in [6.45, 7) is 4.44. The topological polar surface area (TPSA) is 60.2 Å². The van der Waals surface area contributed by atoms with Gasteiger partial charge in [-0.1, -0.05) is 29.8 Å². The molecule has 96 valence electrons. The molecule has 0 heterocycles. The van der Waals surface area contributed by atoms with Crippen molar-refractivity contribution in [1.82, 2.24) is 0 Å². The SMILES string of the molecule is CC(C)(CN)CCS(=O)(=O)c1ccc(Br)cc1. The molecule has 0 spiro atoms. The predicted octanol–water partition coefficient (Wildman–Crippen LogP) is 2.60. The maximum Gasteiger partial charge on any atom is 0.178 e. The number of sulfone groups is 1. The van der Waals surface area contributed by atoms with Crippen LogP contribution in [-0.4, -0.2) is 20.7 Å². The molecule has 5 heteroatoms. The third-order valence-corrected chi connectivity index (χ3v) is 5.03. The molecule has 1 rings (SSSR count). The van der Waals surface area contributed by atoms with E-state index in [4.69, 9.17) is 5.73 Å². The van der Waals surface area contributed by atoms with Gasteiger partial charge in [0, 0.05) is 4.47 Å². The molecule has 3 nitrogen and oxygen atoms in total. The Morgan fingerprint density at radius 3 is 2.24 bits per heavy atom. The summed E-state index contributed by atoms with van der Waals surface area (Å²) in [7, 11) is -3.20. The summed E-state index contributed by atoms with van der Waals surface area (Å²) in [6, 6.07) is 6.71. The van der Waals surface area contributed by atoms with Gasteiger partial charge in [-0.05, 0) is 42.6 Å². The Balaban J connectivity index is 2.79. The molecule has 0 amide bonds. The van der Waals surface area contributed by atoms with E-state index in [9.17, 15) is 8.42 Å². The van der Waals surface area contributed by atoms with Gasteiger partial charge in [0.05, 0.1) is 10.6 Å². The lowest BCUT2D eigenvalue weighted by molar-refractivity contribution is 0.365. The average Bonchev–Trinajstić information content (AvgIpc) is 2.27. The quantitative estimate of drug-likeness (QED) is 0.907. The summed E-state index contributed by atoms with van der Waals surface area (Å²) in [6.07, 6.45) is 0.571. The second kappa shape index (κ2) is 5.50. The van der Waals surface area contributed by atoms with Crippen molar-refractivity contribution in [2.75, 3.05) is 12.3 Å². The zero-order valence-corrected chi connectivity index (χ0v) is 12.5.